The van der Waals surface area contributed by atoms with Gasteiger partial charge in [-0.25, -0.2) is 4.98 Å². The van der Waals surface area contributed by atoms with Crippen LogP contribution < -0.4 is 0 Å². The van der Waals surface area contributed by atoms with Crippen LogP contribution in [0.15, 0.2) is 237 Å². The maximum absolute atomic E-state index is 11.2. The van der Waals surface area contributed by atoms with Crippen molar-refractivity contribution in [3.8, 4) is 68.4 Å². The topological polar surface area (TPSA) is 77.2 Å². The Morgan fingerprint density at radius 3 is 1.44 bits per heavy atom. The molecule has 0 unspecified atom stereocenters. The summed E-state index contributed by atoms with van der Waals surface area (Å²) in [5.74, 6) is 1.48. The molecule has 4 heterocycles. The number of fused-ring (bicyclic) bond motifs is 10. The fourth-order valence-corrected chi connectivity index (χ4v) is 10.7. The number of hydrogen-bond acceptors (Lipinski definition) is 4. The van der Waals surface area contributed by atoms with E-state index >= 15 is 0 Å². The molecule has 0 spiro atoms. The summed E-state index contributed by atoms with van der Waals surface area (Å²) in [4.78, 5) is 15.7. The average molecular weight is 906 g/mol. The van der Waals surface area contributed by atoms with Gasteiger partial charge >= 0.3 is 0 Å². The molecule has 0 aliphatic heterocycles. The van der Waals surface area contributed by atoms with Gasteiger partial charge in [0, 0.05) is 49.1 Å². The molecule has 0 fully saturated rings. The third-order valence-corrected chi connectivity index (χ3v) is 13.9. The van der Waals surface area contributed by atoms with Gasteiger partial charge in [0.15, 0.2) is 11.6 Å². The molecule has 0 N–H and O–H groups in total. The van der Waals surface area contributed by atoms with Crippen molar-refractivity contribution in [3.63, 3.8) is 0 Å². The minimum Gasteiger partial charge on any atom is -0.309 e. The van der Waals surface area contributed by atoms with Gasteiger partial charge in [0.05, 0.1) is 44.4 Å². The average Bonchev–Trinajstić information content (AvgIpc) is 4.09. The molecule has 0 atom stereocenters. The van der Waals surface area contributed by atoms with Crippen molar-refractivity contribution in [1.82, 2.24) is 28.7 Å². The zero-order chi connectivity index (χ0) is 47.0. The second kappa shape index (κ2) is 16.1. The second-order valence-corrected chi connectivity index (χ2v) is 17.9. The Bertz CT molecular complexity index is 4350. The highest BCUT2D eigenvalue weighted by Crippen LogP contribution is 2.43. The summed E-state index contributed by atoms with van der Waals surface area (Å²) >= 11 is 0. The fraction of sp³-hybridized carbons (Fsp3) is 0. The van der Waals surface area contributed by atoms with Gasteiger partial charge in [-0.05, 0) is 95.1 Å². The Morgan fingerprint density at radius 1 is 0.324 bits per heavy atom. The monoisotopic (exact) mass is 905 g/mol. The van der Waals surface area contributed by atoms with Crippen LogP contribution in [0.2, 0.25) is 0 Å². The molecule has 14 rings (SSSR count). The number of para-hydroxylation sites is 3. The van der Waals surface area contributed by atoms with Crippen LogP contribution in [0, 0.1) is 11.3 Å². The molecule has 0 aliphatic carbocycles. The Hall–Kier alpha value is -9.90. The highest BCUT2D eigenvalue weighted by atomic mass is 15.2. The van der Waals surface area contributed by atoms with Gasteiger partial charge < -0.3 is 9.13 Å². The number of rotatable bonds is 7. The predicted molar refractivity (Wildman–Crippen MR) is 289 cm³/mol. The normalized spacial score (nSPS) is 11.6. The molecule has 0 amide bonds. The molecular formula is C64H39N7. The molecule has 7 heteroatoms. The summed E-state index contributed by atoms with van der Waals surface area (Å²) in [5, 5.41) is 17.9. The van der Waals surface area contributed by atoms with Gasteiger partial charge in [0.25, 0.3) is 0 Å². The number of nitriles is 1. The lowest BCUT2D eigenvalue weighted by atomic mass is 10.0. The third kappa shape index (κ3) is 6.40. The van der Waals surface area contributed by atoms with E-state index in [9.17, 15) is 5.26 Å². The van der Waals surface area contributed by atoms with Crippen LogP contribution in [0.1, 0.15) is 5.56 Å². The van der Waals surface area contributed by atoms with Gasteiger partial charge in [0.1, 0.15) is 6.07 Å². The van der Waals surface area contributed by atoms with E-state index in [1.165, 1.54) is 10.8 Å². The van der Waals surface area contributed by atoms with Crippen molar-refractivity contribution in [2.45, 2.75) is 0 Å². The van der Waals surface area contributed by atoms with Crippen LogP contribution in [0.25, 0.3) is 128 Å². The molecule has 0 bridgehead atoms. The Kier molecular flexibility index (Phi) is 9.13. The molecular weight excluding hydrogens is 867 g/mol. The van der Waals surface area contributed by atoms with Crippen molar-refractivity contribution in [2.75, 3.05) is 0 Å². The highest BCUT2D eigenvalue weighted by Gasteiger charge is 2.24. The molecule has 4 aromatic heterocycles. The number of aromatic nitrogens is 6. The SMILES string of the molecule is N#Cc1cc(-c2nc(-c3ccccc3)nc(-n3c4ccc(-c5ccccc5)cc4c4cc(-c5ccccc5)ccc43)n2)ccc1-n1c2ccccc2c2c1ccc1c3ccccc3n(-c3ccccc3)c12. The molecule has 71 heavy (non-hydrogen) atoms. The van der Waals surface area contributed by atoms with E-state index in [1.54, 1.807) is 0 Å². The van der Waals surface area contributed by atoms with Crippen molar-refractivity contribution in [3.05, 3.63) is 242 Å². The summed E-state index contributed by atoms with van der Waals surface area (Å²) in [6.45, 7) is 0. The van der Waals surface area contributed by atoms with E-state index in [1.807, 2.05) is 60.7 Å². The number of nitrogens with zero attached hydrogens (tertiary/aromatic N) is 7. The predicted octanol–water partition coefficient (Wildman–Crippen LogP) is 15.7. The van der Waals surface area contributed by atoms with E-state index in [-0.39, 0.29) is 0 Å². The van der Waals surface area contributed by atoms with Gasteiger partial charge in [-0.2, -0.15) is 15.2 Å². The Labute approximate surface area is 408 Å². The zero-order valence-corrected chi connectivity index (χ0v) is 38.1. The van der Waals surface area contributed by atoms with Gasteiger partial charge in [-0.3, -0.25) is 4.57 Å². The van der Waals surface area contributed by atoms with Crippen LogP contribution in [0.5, 0.6) is 0 Å². The molecule has 10 aromatic carbocycles. The van der Waals surface area contributed by atoms with Crippen LogP contribution in [0.3, 0.4) is 0 Å². The molecule has 7 nitrogen and oxygen atoms in total. The van der Waals surface area contributed by atoms with E-state index in [2.05, 4.69) is 196 Å². The molecule has 330 valence electrons. The van der Waals surface area contributed by atoms with E-state index in [0.717, 1.165) is 93.8 Å². The van der Waals surface area contributed by atoms with Crippen molar-refractivity contribution < 1.29 is 0 Å². The zero-order valence-electron chi connectivity index (χ0n) is 38.1. The van der Waals surface area contributed by atoms with E-state index < -0.39 is 0 Å². The number of hydrogen-bond donors (Lipinski definition) is 0. The lowest BCUT2D eigenvalue weighted by molar-refractivity contribution is 0.953. The minimum absolute atomic E-state index is 0.463. The molecule has 0 saturated carbocycles. The van der Waals surface area contributed by atoms with Crippen LogP contribution in [-0.4, -0.2) is 28.7 Å². The first kappa shape index (κ1) is 40.2. The largest absolute Gasteiger partial charge is 0.309 e. The summed E-state index contributed by atoms with van der Waals surface area (Å²) < 4.78 is 6.76. The summed E-state index contributed by atoms with van der Waals surface area (Å²) in [7, 11) is 0. The van der Waals surface area contributed by atoms with Gasteiger partial charge in [0.2, 0.25) is 5.95 Å². The van der Waals surface area contributed by atoms with Gasteiger partial charge in [-0.1, -0.05) is 164 Å². The first-order valence-corrected chi connectivity index (χ1v) is 23.7. The molecule has 0 saturated heterocycles. The molecule has 0 aliphatic rings. The summed E-state index contributed by atoms with van der Waals surface area (Å²) in [5.41, 5.74) is 14.7. The summed E-state index contributed by atoms with van der Waals surface area (Å²) in [6, 6.07) is 84.9. The van der Waals surface area contributed by atoms with Crippen LogP contribution >= 0.6 is 0 Å². The second-order valence-electron chi connectivity index (χ2n) is 17.9. The Balaban J connectivity index is 0.980. The van der Waals surface area contributed by atoms with Crippen molar-refractivity contribution in [1.29, 1.82) is 5.26 Å². The quantitative estimate of drug-likeness (QED) is 0.160. The Morgan fingerprint density at radius 2 is 0.817 bits per heavy atom. The molecule has 0 radical (unpaired) electrons. The smallest absolute Gasteiger partial charge is 0.238 e. The van der Waals surface area contributed by atoms with Crippen molar-refractivity contribution >= 4 is 65.4 Å². The van der Waals surface area contributed by atoms with Crippen LogP contribution in [0.4, 0.5) is 0 Å². The molecule has 14 aromatic rings. The fourth-order valence-electron chi connectivity index (χ4n) is 10.7. The maximum atomic E-state index is 11.2. The van der Waals surface area contributed by atoms with E-state index in [0.29, 0.717) is 28.7 Å². The van der Waals surface area contributed by atoms with Gasteiger partial charge in [-0.15, -0.1) is 0 Å². The number of benzene rings is 10. The first-order valence-electron chi connectivity index (χ1n) is 23.7. The van der Waals surface area contributed by atoms with E-state index in [4.69, 9.17) is 15.0 Å². The summed E-state index contributed by atoms with van der Waals surface area (Å²) in [6.07, 6.45) is 0. The first-order chi connectivity index (χ1) is 35.2. The van der Waals surface area contributed by atoms with Crippen LogP contribution in [-0.2, 0) is 0 Å². The lowest BCUT2D eigenvalue weighted by Crippen LogP contribution is -2.07. The lowest BCUT2D eigenvalue weighted by Gasteiger charge is -2.13. The standard InChI is InChI=1S/C64H39N7/c65-40-47-37-46(31-33-54(47)70-56-28-16-14-26-51(56)60-59(70)36-32-50-49-25-13-15-27-55(49)69(61(50)60)48-23-11-4-12-24-48)63-66-62(43-21-9-3-10-22-43)67-64(68-63)71-57-34-29-44(41-17-5-1-6-18-41)38-52(57)53-39-45(30-35-58(53)71)42-19-7-2-8-20-42/h1-39H. The minimum atomic E-state index is 0.463. The van der Waals surface area contributed by atoms with Crippen molar-refractivity contribution in [2.24, 2.45) is 0 Å². The third-order valence-electron chi connectivity index (χ3n) is 13.9. The highest BCUT2D eigenvalue weighted by molar-refractivity contribution is 6.26. The maximum Gasteiger partial charge on any atom is 0.238 e.